The molecule has 0 radical (unpaired) electrons. The van der Waals surface area contributed by atoms with E-state index in [0.717, 1.165) is 23.5 Å². The zero-order valence-corrected chi connectivity index (χ0v) is 14.7. The Morgan fingerprint density at radius 2 is 1.58 bits per heavy atom. The Morgan fingerprint density at radius 1 is 0.833 bits per heavy atom. The molecule has 0 fully saturated rings. The Balaban J connectivity index is 1.92. The lowest BCUT2D eigenvalue weighted by Gasteiger charge is -2.03. The number of aromatic amines is 1. The second-order valence-corrected chi connectivity index (χ2v) is 6.46. The SMILES string of the molecule is CCCCCCc1[nH]c(-c2ccccc2)nc1-c1ccc(C)cc1. The third-order valence-electron chi connectivity index (χ3n) is 4.43. The summed E-state index contributed by atoms with van der Waals surface area (Å²) in [5, 5.41) is 0. The minimum absolute atomic E-state index is 0.969. The number of aromatic nitrogens is 2. The van der Waals surface area contributed by atoms with Crippen LogP contribution in [-0.4, -0.2) is 9.97 Å². The van der Waals surface area contributed by atoms with Crippen LogP contribution in [0.3, 0.4) is 0 Å². The summed E-state index contributed by atoms with van der Waals surface area (Å²) in [5.74, 6) is 0.969. The van der Waals surface area contributed by atoms with Gasteiger partial charge in [-0.05, 0) is 19.8 Å². The molecule has 2 aromatic carbocycles. The summed E-state index contributed by atoms with van der Waals surface area (Å²) in [7, 11) is 0. The fourth-order valence-corrected chi connectivity index (χ4v) is 3.00. The van der Waals surface area contributed by atoms with Gasteiger partial charge in [0, 0.05) is 16.8 Å². The highest BCUT2D eigenvalue weighted by molar-refractivity contribution is 5.67. The van der Waals surface area contributed by atoms with Crippen molar-refractivity contribution in [1.29, 1.82) is 0 Å². The van der Waals surface area contributed by atoms with Gasteiger partial charge in [-0.25, -0.2) is 4.98 Å². The summed E-state index contributed by atoms with van der Waals surface area (Å²) in [4.78, 5) is 8.50. The van der Waals surface area contributed by atoms with Crippen LogP contribution in [0.25, 0.3) is 22.6 Å². The second kappa shape index (κ2) is 7.96. The standard InChI is InChI=1S/C22H26N2/c1-3-4-5-9-12-20-21(18-15-13-17(2)14-16-18)24-22(23-20)19-10-7-6-8-11-19/h6-8,10-11,13-16H,3-5,9,12H2,1-2H3,(H,23,24). The molecule has 1 N–H and O–H groups in total. The molecule has 0 aliphatic carbocycles. The van der Waals surface area contributed by atoms with Gasteiger partial charge in [-0.15, -0.1) is 0 Å². The van der Waals surface area contributed by atoms with Gasteiger partial charge >= 0.3 is 0 Å². The third-order valence-corrected chi connectivity index (χ3v) is 4.43. The lowest BCUT2D eigenvalue weighted by atomic mass is 10.0. The van der Waals surface area contributed by atoms with Crippen LogP contribution in [0.5, 0.6) is 0 Å². The molecule has 0 spiro atoms. The maximum atomic E-state index is 4.92. The molecule has 1 aromatic heterocycles. The number of rotatable bonds is 7. The zero-order chi connectivity index (χ0) is 16.8. The van der Waals surface area contributed by atoms with E-state index < -0.39 is 0 Å². The van der Waals surface area contributed by atoms with Crippen molar-refractivity contribution in [3.8, 4) is 22.6 Å². The number of unbranched alkanes of at least 4 members (excludes halogenated alkanes) is 3. The molecule has 0 amide bonds. The highest BCUT2D eigenvalue weighted by atomic mass is 14.9. The van der Waals surface area contributed by atoms with E-state index in [1.807, 2.05) is 6.07 Å². The van der Waals surface area contributed by atoms with Crippen LogP contribution in [0.1, 0.15) is 43.9 Å². The summed E-state index contributed by atoms with van der Waals surface area (Å²) in [6.07, 6.45) is 6.12. The van der Waals surface area contributed by atoms with E-state index in [4.69, 9.17) is 4.98 Å². The third kappa shape index (κ3) is 3.94. The van der Waals surface area contributed by atoms with E-state index in [2.05, 4.69) is 67.4 Å². The Bertz CT molecular complexity index is 754. The van der Waals surface area contributed by atoms with E-state index in [0.29, 0.717) is 0 Å². The van der Waals surface area contributed by atoms with Crippen molar-refractivity contribution in [3.63, 3.8) is 0 Å². The Hall–Kier alpha value is -2.35. The van der Waals surface area contributed by atoms with Crippen molar-refractivity contribution >= 4 is 0 Å². The first-order valence-electron chi connectivity index (χ1n) is 8.99. The molecule has 0 bridgehead atoms. The lowest BCUT2D eigenvalue weighted by molar-refractivity contribution is 0.662. The monoisotopic (exact) mass is 318 g/mol. The molecular weight excluding hydrogens is 292 g/mol. The summed E-state index contributed by atoms with van der Waals surface area (Å²) in [5.41, 5.74) is 5.98. The molecule has 0 saturated heterocycles. The molecule has 0 aliphatic rings. The largest absolute Gasteiger partial charge is 0.341 e. The fraction of sp³-hybridized carbons (Fsp3) is 0.318. The number of aryl methyl sites for hydroxylation is 2. The van der Waals surface area contributed by atoms with Gasteiger partial charge in [0.15, 0.2) is 0 Å². The molecule has 24 heavy (non-hydrogen) atoms. The van der Waals surface area contributed by atoms with Gasteiger partial charge in [-0.2, -0.15) is 0 Å². The van der Waals surface area contributed by atoms with E-state index >= 15 is 0 Å². The maximum Gasteiger partial charge on any atom is 0.138 e. The average molecular weight is 318 g/mol. The molecule has 1 heterocycles. The number of nitrogens with one attached hydrogen (secondary N) is 1. The van der Waals surface area contributed by atoms with Crippen molar-refractivity contribution < 1.29 is 0 Å². The first-order chi connectivity index (χ1) is 11.8. The highest BCUT2D eigenvalue weighted by Gasteiger charge is 2.13. The average Bonchev–Trinajstić information content (AvgIpc) is 3.04. The van der Waals surface area contributed by atoms with Crippen LogP contribution in [0.4, 0.5) is 0 Å². The number of benzene rings is 2. The van der Waals surface area contributed by atoms with Crippen LogP contribution >= 0.6 is 0 Å². The molecule has 0 unspecified atom stereocenters. The molecule has 124 valence electrons. The Morgan fingerprint density at radius 3 is 2.29 bits per heavy atom. The maximum absolute atomic E-state index is 4.92. The minimum Gasteiger partial charge on any atom is -0.341 e. The molecule has 2 nitrogen and oxygen atoms in total. The van der Waals surface area contributed by atoms with Crippen LogP contribution in [0, 0.1) is 6.92 Å². The van der Waals surface area contributed by atoms with Gasteiger partial charge in [-0.3, -0.25) is 0 Å². The summed E-state index contributed by atoms with van der Waals surface area (Å²) >= 11 is 0. The molecule has 0 atom stereocenters. The molecule has 2 heteroatoms. The lowest BCUT2D eigenvalue weighted by Crippen LogP contribution is -1.90. The van der Waals surface area contributed by atoms with Crippen molar-refractivity contribution in [2.75, 3.05) is 0 Å². The number of nitrogens with zero attached hydrogens (tertiary/aromatic N) is 1. The predicted molar refractivity (Wildman–Crippen MR) is 102 cm³/mol. The Kier molecular flexibility index (Phi) is 5.47. The summed E-state index contributed by atoms with van der Waals surface area (Å²) < 4.78 is 0. The van der Waals surface area contributed by atoms with Gasteiger partial charge in [-0.1, -0.05) is 86.3 Å². The second-order valence-electron chi connectivity index (χ2n) is 6.46. The number of hydrogen-bond donors (Lipinski definition) is 1. The van der Waals surface area contributed by atoms with Crippen LogP contribution < -0.4 is 0 Å². The quantitative estimate of drug-likeness (QED) is 0.518. The Labute approximate surface area is 145 Å². The number of hydrogen-bond acceptors (Lipinski definition) is 1. The van der Waals surface area contributed by atoms with Gasteiger partial charge in [0.05, 0.1) is 5.69 Å². The van der Waals surface area contributed by atoms with E-state index in [1.54, 1.807) is 0 Å². The van der Waals surface area contributed by atoms with Gasteiger partial charge in [0.1, 0.15) is 5.82 Å². The van der Waals surface area contributed by atoms with Gasteiger partial charge in [0.25, 0.3) is 0 Å². The number of H-pyrrole nitrogens is 1. The minimum atomic E-state index is 0.969. The van der Waals surface area contributed by atoms with Crippen molar-refractivity contribution in [1.82, 2.24) is 9.97 Å². The van der Waals surface area contributed by atoms with E-state index in [1.165, 1.54) is 42.5 Å². The van der Waals surface area contributed by atoms with Gasteiger partial charge < -0.3 is 4.98 Å². The first kappa shape index (κ1) is 16.5. The molecule has 0 saturated carbocycles. The van der Waals surface area contributed by atoms with Crippen molar-refractivity contribution in [3.05, 3.63) is 65.9 Å². The van der Waals surface area contributed by atoms with E-state index in [9.17, 15) is 0 Å². The zero-order valence-electron chi connectivity index (χ0n) is 14.7. The molecule has 0 aliphatic heterocycles. The van der Waals surface area contributed by atoms with Crippen LogP contribution in [0.15, 0.2) is 54.6 Å². The fourth-order valence-electron chi connectivity index (χ4n) is 3.00. The van der Waals surface area contributed by atoms with E-state index in [-0.39, 0.29) is 0 Å². The first-order valence-corrected chi connectivity index (χ1v) is 8.99. The molecular formula is C22H26N2. The van der Waals surface area contributed by atoms with Crippen molar-refractivity contribution in [2.45, 2.75) is 46.0 Å². The van der Waals surface area contributed by atoms with Crippen LogP contribution in [-0.2, 0) is 6.42 Å². The highest BCUT2D eigenvalue weighted by Crippen LogP contribution is 2.27. The molecule has 3 rings (SSSR count). The predicted octanol–water partition coefficient (Wildman–Crippen LogP) is 6.17. The normalized spacial score (nSPS) is 10.9. The smallest absolute Gasteiger partial charge is 0.138 e. The van der Waals surface area contributed by atoms with Gasteiger partial charge in [0.2, 0.25) is 0 Å². The topological polar surface area (TPSA) is 28.7 Å². The number of imidazole rings is 1. The van der Waals surface area contributed by atoms with Crippen LogP contribution in [0.2, 0.25) is 0 Å². The van der Waals surface area contributed by atoms with Crippen molar-refractivity contribution in [2.24, 2.45) is 0 Å². The summed E-state index contributed by atoms with van der Waals surface area (Å²) in [6.45, 7) is 4.37. The molecule has 3 aromatic rings. The summed E-state index contributed by atoms with van der Waals surface area (Å²) in [6, 6.07) is 19.1.